The van der Waals surface area contributed by atoms with Crippen molar-refractivity contribution in [3.63, 3.8) is 0 Å². The molecule has 0 radical (unpaired) electrons. The molecule has 0 unspecified atom stereocenters. The van der Waals surface area contributed by atoms with Gasteiger partial charge in [0.05, 0.1) is 13.0 Å². The second-order valence-corrected chi connectivity index (χ2v) is 4.60. The topological polar surface area (TPSA) is 75.7 Å². The summed E-state index contributed by atoms with van der Waals surface area (Å²) in [4.78, 5) is 36.8. The lowest BCUT2D eigenvalue weighted by atomic mass is 9.85. The van der Waals surface area contributed by atoms with Crippen LogP contribution in [0.2, 0.25) is 0 Å². The van der Waals surface area contributed by atoms with Crippen LogP contribution in [-0.4, -0.2) is 36.0 Å². The normalized spacial score (nSPS) is 20.4. The quantitative estimate of drug-likeness (QED) is 0.520. The van der Waals surface area contributed by atoms with E-state index in [0.29, 0.717) is 12.1 Å². The summed E-state index contributed by atoms with van der Waals surface area (Å²) in [6.07, 6.45) is 1.87. The number of carbonyl (C=O) groups is 3. The van der Waals surface area contributed by atoms with Gasteiger partial charge in [-0.3, -0.25) is 4.79 Å². The lowest BCUT2D eigenvalue weighted by molar-refractivity contribution is -0.167. The minimum absolute atomic E-state index is 0.327. The highest BCUT2D eigenvalue weighted by atomic mass is 16.5. The van der Waals surface area contributed by atoms with Gasteiger partial charge in [-0.25, -0.2) is 14.5 Å². The summed E-state index contributed by atoms with van der Waals surface area (Å²) in [6.45, 7) is 3.55. The molecule has 1 saturated heterocycles. The Hall–Kier alpha value is -2.63. The molecule has 110 valence electrons. The van der Waals surface area contributed by atoms with E-state index in [9.17, 15) is 14.4 Å². The first-order valence-electron chi connectivity index (χ1n) is 6.48. The number of benzene rings is 1. The molecule has 1 aliphatic rings. The Morgan fingerprint density at radius 1 is 1.38 bits per heavy atom. The average Bonchev–Trinajstić information content (AvgIpc) is 2.49. The van der Waals surface area contributed by atoms with Gasteiger partial charge in [0.15, 0.2) is 6.04 Å². The molecule has 21 heavy (non-hydrogen) atoms. The summed E-state index contributed by atoms with van der Waals surface area (Å²) < 4.78 is 4.66. The molecule has 0 aromatic heterocycles. The van der Waals surface area contributed by atoms with Crippen molar-refractivity contribution in [3.8, 4) is 0 Å². The fraction of sp³-hybridized carbons (Fsp3) is 0.267. The van der Waals surface area contributed by atoms with Crippen LogP contribution in [0, 0.1) is 5.92 Å². The van der Waals surface area contributed by atoms with Crippen molar-refractivity contribution in [2.75, 3.05) is 12.4 Å². The Kier molecular flexibility index (Phi) is 4.37. The van der Waals surface area contributed by atoms with Crippen molar-refractivity contribution in [1.29, 1.82) is 0 Å². The van der Waals surface area contributed by atoms with E-state index in [0.717, 1.165) is 4.90 Å². The Morgan fingerprint density at radius 3 is 2.62 bits per heavy atom. The summed E-state index contributed by atoms with van der Waals surface area (Å²) in [7, 11) is 1.23. The van der Waals surface area contributed by atoms with Crippen LogP contribution < -0.4 is 5.32 Å². The third-order valence-electron chi connectivity index (χ3n) is 3.32. The molecule has 6 nitrogen and oxygen atoms in total. The van der Waals surface area contributed by atoms with Crippen molar-refractivity contribution >= 4 is 23.6 Å². The first-order chi connectivity index (χ1) is 10.1. The van der Waals surface area contributed by atoms with E-state index in [1.807, 2.05) is 6.07 Å². The molecular weight excluding hydrogens is 272 g/mol. The van der Waals surface area contributed by atoms with Crippen LogP contribution in [0.15, 0.2) is 43.0 Å². The molecule has 0 bridgehead atoms. The van der Waals surface area contributed by atoms with Gasteiger partial charge in [0.2, 0.25) is 5.91 Å². The van der Waals surface area contributed by atoms with Crippen molar-refractivity contribution < 1.29 is 19.1 Å². The number of amides is 3. The smallest absolute Gasteiger partial charge is 0.329 e. The van der Waals surface area contributed by atoms with Crippen LogP contribution in [0.3, 0.4) is 0 Å². The van der Waals surface area contributed by atoms with Crippen molar-refractivity contribution in [2.24, 2.45) is 5.92 Å². The van der Waals surface area contributed by atoms with Gasteiger partial charge < -0.3 is 10.1 Å². The van der Waals surface area contributed by atoms with Gasteiger partial charge in [-0.1, -0.05) is 24.3 Å². The molecule has 2 atom stereocenters. The Balaban J connectivity index is 2.13. The van der Waals surface area contributed by atoms with Gasteiger partial charge in [-0.15, -0.1) is 6.58 Å². The van der Waals surface area contributed by atoms with Crippen LogP contribution >= 0.6 is 0 Å². The first kappa shape index (κ1) is 14.8. The predicted molar refractivity (Wildman–Crippen MR) is 76.4 cm³/mol. The number of esters is 1. The van der Waals surface area contributed by atoms with Crippen LogP contribution in [0.4, 0.5) is 10.5 Å². The van der Waals surface area contributed by atoms with Gasteiger partial charge in [-0.2, -0.15) is 0 Å². The van der Waals surface area contributed by atoms with Crippen LogP contribution in [0.25, 0.3) is 0 Å². The summed E-state index contributed by atoms with van der Waals surface area (Å²) in [6, 6.07) is 7.16. The van der Waals surface area contributed by atoms with E-state index in [2.05, 4.69) is 16.6 Å². The Morgan fingerprint density at radius 2 is 2.05 bits per heavy atom. The molecule has 1 heterocycles. The maximum Gasteiger partial charge on any atom is 0.329 e. The third-order valence-corrected chi connectivity index (χ3v) is 3.32. The predicted octanol–water partition coefficient (Wildman–Crippen LogP) is 1.79. The van der Waals surface area contributed by atoms with Crippen LogP contribution in [0.5, 0.6) is 0 Å². The lowest BCUT2D eigenvalue weighted by Gasteiger charge is -2.42. The summed E-state index contributed by atoms with van der Waals surface area (Å²) in [5.41, 5.74) is 0.547. The molecular formula is C15H16N2O4. The fourth-order valence-corrected chi connectivity index (χ4v) is 2.28. The number of carbonyl (C=O) groups excluding carboxylic acids is 3. The highest BCUT2D eigenvalue weighted by Gasteiger charge is 2.54. The first-order valence-corrected chi connectivity index (χ1v) is 6.48. The van der Waals surface area contributed by atoms with Gasteiger partial charge in [0, 0.05) is 5.69 Å². The molecule has 3 amide bonds. The standard InChI is InChI=1S/C15H16N2O4/c1-3-7-11-12(14(19)21-2)17(13(11)18)15(20)16-10-8-5-4-6-9-10/h3-6,8-9,11-12H,1,7H2,2H3,(H,16,20)/t11-,12+/m1/s1. The van der Waals surface area contributed by atoms with Crippen LogP contribution in [0.1, 0.15) is 6.42 Å². The number of rotatable bonds is 4. The van der Waals surface area contributed by atoms with E-state index in [1.165, 1.54) is 7.11 Å². The highest BCUT2D eigenvalue weighted by Crippen LogP contribution is 2.31. The number of urea groups is 1. The molecule has 2 rings (SSSR count). The number of para-hydroxylation sites is 1. The van der Waals surface area contributed by atoms with Crippen molar-refractivity contribution in [3.05, 3.63) is 43.0 Å². The third kappa shape index (κ3) is 2.79. The average molecular weight is 288 g/mol. The molecule has 1 aliphatic heterocycles. The zero-order valence-corrected chi connectivity index (χ0v) is 11.6. The number of likely N-dealkylation sites (tertiary alicyclic amines) is 1. The minimum atomic E-state index is -0.899. The number of nitrogens with one attached hydrogen (secondary N) is 1. The number of nitrogens with zero attached hydrogens (tertiary/aromatic N) is 1. The SMILES string of the molecule is C=CC[C@H]1C(=O)N(C(=O)Nc2ccccc2)[C@@H]1C(=O)OC. The second-order valence-electron chi connectivity index (χ2n) is 4.60. The molecule has 1 aromatic rings. The maximum absolute atomic E-state index is 12.1. The Bertz CT molecular complexity index is 570. The molecule has 0 spiro atoms. The summed E-state index contributed by atoms with van der Waals surface area (Å²) >= 11 is 0. The van der Waals surface area contributed by atoms with Gasteiger partial charge in [-0.05, 0) is 18.6 Å². The number of anilines is 1. The Labute approximate surface area is 122 Å². The van der Waals surface area contributed by atoms with Gasteiger partial charge in [0.1, 0.15) is 0 Å². The molecule has 1 N–H and O–H groups in total. The number of methoxy groups -OCH3 is 1. The molecule has 1 fully saturated rings. The van der Waals surface area contributed by atoms with E-state index < -0.39 is 29.9 Å². The van der Waals surface area contributed by atoms with Gasteiger partial charge >= 0.3 is 12.0 Å². The molecule has 0 aliphatic carbocycles. The van der Waals surface area contributed by atoms with Gasteiger partial charge in [0.25, 0.3) is 0 Å². The van der Waals surface area contributed by atoms with E-state index >= 15 is 0 Å². The van der Waals surface area contributed by atoms with E-state index in [1.54, 1.807) is 30.3 Å². The number of allylic oxidation sites excluding steroid dienone is 1. The zero-order valence-electron chi connectivity index (χ0n) is 11.6. The molecule has 0 saturated carbocycles. The number of hydrogen-bond acceptors (Lipinski definition) is 4. The fourth-order valence-electron chi connectivity index (χ4n) is 2.28. The number of hydrogen-bond donors (Lipinski definition) is 1. The van der Waals surface area contributed by atoms with E-state index in [-0.39, 0.29) is 0 Å². The van der Waals surface area contributed by atoms with Crippen molar-refractivity contribution in [2.45, 2.75) is 12.5 Å². The number of imide groups is 1. The number of β-lactam (4-membered cyclic amide) rings is 1. The summed E-state index contributed by atoms with van der Waals surface area (Å²) in [5, 5.41) is 2.58. The second kappa shape index (κ2) is 6.21. The van der Waals surface area contributed by atoms with E-state index in [4.69, 9.17) is 0 Å². The molecule has 1 aromatic carbocycles. The largest absolute Gasteiger partial charge is 0.467 e. The highest BCUT2D eigenvalue weighted by molar-refractivity contribution is 6.11. The maximum atomic E-state index is 12.1. The lowest BCUT2D eigenvalue weighted by Crippen LogP contribution is -2.67. The monoisotopic (exact) mass is 288 g/mol. The number of ether oxygens (including phenoxy) is 1. The van der Waals surface area contributed by atoms with Crippen molar-refractivity contribution in [1.82, 2.24) is 4.90 Å². The zero-order chi connectivity index (χ0) is 15.4. The minimum Gasteiger partial charge on any atom is -0.467 e. The van der Waals surface area contributed by atoms with Crippen LogP contribution in [-0.2, 0) is 14.3 Å². The molecule has 6 heteroatoms. The summed E-state index contributed by atoms with van der Waals surface area (Å²) in [5.74, 6) is -1.60.